The van der Waals surface area contributed by atoms with E-state index in [-0.39, 0.29) is 30.5 Å². The molecule has 5 aromatic rings. The van der Waals surface area contributed by atoms with Crippen molar-refractivity contribution >= 4 is 56.4 Å². The van der Waals surface area contributed by atoms with Gasteiger partial charge in [-0.05, 0) is 86.5 Å². The summed E-state index contributed by atoms with van der Waals surface area (Å²) in [6, 6.07) is 31.4. The number of rotatable bonds is 12. The zero-order chi connectivity index (χ0) is 45.4. The number of amides is 2. The molecule has 330 valence electrons. The van der Waals surface area contributed by atoms with E-state index in [0.717, 1.165) is 18.1 Å². The van der Waals surface area contributed by atoms with Gasteiger partial charge in [0.25, 0.3) is 0 Å². The Bertz CT molecular complexity index is 2220. The van der Waals surface area contributed by atoms with Crippen LogP contribution >= 0.6 is 0 Å². The van der Waals surface area contributed by atoms with E-state index in [9.17, 15) is 44.3 Å². The lowest BCUT2D eigenvalue weighted by molar-refractivity contribution is -0.0539. The average Bonchev–Trinajstić information content (AvgIpc) is 3.22. The first-order valence-electron chi connectivity index (χ1n) is 18.2. The summed E-state index contributed by atoms with van der Waals surface area (Å²) in [5.74, 6) is -1.15. The number of ether oxygens (including phenoxy) is 2. The van der Waals surface area contributed by atoms with Crippen molar-refractivity contribution in [3.8, 4) is 0 Å². The molecule has 5 aromatic carbocycles. The molecule has 5 rings (SSSR count). The summed E-state index contributed by atoms with van der Waals surface area (Å²) in [6.07, 6.45) is -1.19. The number of anilines is 6. The van der Waals surface area contributed by atoms with Gasteiger partial charge in [0, 0.05) is 30.2 Å². The number of carbonyl (C=O) groups excluding carboxylic acids is 2. The standard InChI is InChI=1S/C16H17FN2O2.C14H13FN2O2.C8H11FN2.C3H5F3O3S/c1-2-18-15-10-13(8-9-14(15)17)19-16(20)21-11-12-6-4-3-5-7-12;15-12-7-6-11(8-13(12)16)17-14(18)19-9-10-4-2-1-3-5-10;1-2-11-8-5-6(10)3-4-7(8)9;1-2-9-10(7,8)3(4,5)6/h3-10,18H,2,11H2,1H3,(H,19,20);1-8H,9,16H2,(H,17,18);3-5,11H,2,10H2,1H3;2H2,1H3. The van der Waals surface area contributed by atoms with Crippen LogP contribution in [0.15, 0.2) is 115 Å². The quantitative estimate of drug-likeness (QED) is 0.0302. The van der Waals surface area contributed by atoms with Crippen LogP contribution in [0.1, 0.15) is 31.9 Å². The van der Waals surface area contributed by atoms with E-state index in [4.69, 9.17) is 20.9 Å². The lowest BCUT2D eigenvalue weighted by atomic mass is 10.2. The Balaban J connectivity index is 0.000000294. The fraction of sp³-hybridized carbons (Fsp3) is 0.220. The van der Waals surface area contributed by atoms with Gasteiger partial charge in [0.15, 0.2) is 0 Å². The second kappa shape index (κ2) is 25.7. The molecule has 0 aliphatic rings. The van der Waals surface area contributed by atoms with Crippen molar-refractivity contribution in [2.24, 2.45) is 0 Å². The van der Waals surface area contributed by atoms with Gasteiger partial charge in [-0.2, -0.15) is 21.6 Å². The Morgan fingerprint density at radius 3 is 1.44 bits per heavy atom. The molecule has 61 heavy (non-hydrogen) atoms. The average molecular weight is 881 g/mol. The second-order valence-electron chi connectivity index (χ2n) is 11.9. The van der Waals surface area contributed by atoms with Crippen molar-refractivity contribution in [1.82, 2.24) is 0 Å². The van der Waals surface area contributed by atoms with E-state index in [1.807, 2.05) is 74.5 Å². The number of nitrogens with one attached hydrogen (secondary N) is 4. The van der Waals surface area contributed by atoms with Crippen molar-refractivity contribution in [3.63, 3.8) is 0 Å². The molecular formula is C41H46F6N6O7S. The second-order valence-corrected chi connectivity index (χ2v) is 13.5. The van der Waals surface area contributed by atoms with Crippen LogP contribution in [0.25, 0.3) is 0 Å². The van der Waals surface area contributed by atoms with Crippen molar-refractivity contribution in [3.05, 3.63) is 144 Å². The van der Waals surface area contributed by atoms with Crippen LogP contribution in [-0.4, -0.2) is 45.8 Å². The molecule has 8 N–H and O–H groups in total. The Labute approximate surface area is 349 Å². The van der Waals surface area contributed by atoms with Crippen molar-refractivity contribution in [2.75, 3.05) is 52.4 Å². The normalized spacial score (nSPS) is 10.5. The van der Waals surface area contributed by atoms with Gasteiger partial charge in [-0.25, -0.2) is 22.8 Å². The predicted molar refractivity (Wildman–Crippen MR) is 223 cm³/mol. The molecule has 0 aromatic heterocycles. The number of alkyl halides is 3. The highest BCUT2D eigenvalue weighted by molar-refractivity contribution is 7.87. The summed E-state index contributed by atoms with van der Waals surface area (Å²) in [4.78, 5) is 23.2. The van der Waals surface area contributed by atoms with Crippen LogP contribution in [0.5, 0.6) is 0 Å². The highest BCUT2D eigenvalue weighted by Gasteiger charge is 2.46. The highest BCUT2D eigenvalue weighted by Crippen LogP contribution is 2.24. The molecule has 0 fully saturated rings. The fourth-order valence-electron chi connectivity index (χ4n) is 4.40. The summed E-state index contributed by atoms with van der Waals surface area (Å²) in [7, 11) is -5.35. The van der Waals surface area contributed by atoms with E-state index in [2.05, 4.69) is 25.5 Å². The molecule has 0 radical (unpaired) electrons. The van der Waals surface area contributed by atoms with Gasteiger partial charge in [0.2, 0.25) is 0 Å². The van der Waals surface area contributed by atoms with E-state index in [1.165, 1.54) is 48.5 Å². The molecule has 0 saturated carbocycles. The lowest BCUT2D eigenvalue weighted by Gasteiger charge is -2.10. The van der Waals surface area contributed by atoms with Crippen LogP contribution in [0.4, 0.5) is 70.1 Å². The van der Waals surface area contributed by atoms with Gasteiger partial charge in [-0.3, -0.25) is 14.8 Å². The summed E-state index contributed by atoms with van der Waals surface area (Å²) >= 11 is 0. The SMILES string of the molecule is CCNc1cc(N)ccc1F.CCNc1cc(NC(=O)OCc2ccccc2)ccc1F.CCOS(=O)(=O)C(F)(F)F.Nc1cc(NC(=O)OCc2ccccc2)ccc1F. The van der Waals surface area contributed by atoms with Crippen LogP contribution in [0.2, 0.25) is 0 Å². The molecule has 0 aliphatic carbocycles. The zero-order valence-corrected chi connectivity index (χ0v) is 34.0. The number of hydrogen-bond donors (Lipinski definition) is 6. The predicted octanol–water partition coefficient (Wildman–Crippen LogP) is 9.87. The maximum absolute atomic E-state index is 13.5. The molecule has 0 aliphatic heterocycles. The maximum atomic E-state index is 13.5. The van der Waals surface area contributed by atoms with Gasteiger partial charge >= 0.3 is 27.8 Å². The van der Waals surface area contributed by atoms with E-state index < -0.39 is 40.2 Å². The van der Waals surface area contributed by atoms with Crippen LogP contribution in [0, 0.1) is 17.5 Å². The first-order valence-corrected chi connectivity index (χ1v) is 19.6. The van der Waals surface area contributed by atoms with Crippen molar-refractivity contribution < 1.29 is 58.0 Å². The minimum Gasteiger partial charge on any atom is -0.444 e. The highest BCUT2D eigenvalue weighted by atomic mass is 32.2. The van der Waals surface area contributed by atoms with E-state index in [1.54, 1.807) is 6.07 Å². The molecule has 0 heterocycles. The Kier molecular flexibility index (Phi) is 21.3. The third-order valence-electron chi connectivity index (χ3n) is 7.16. The molecular weight excluding hydrogens is 835 g/mol. The van der Waals surface area contributed by atoms with Crippen LogP contribution < -0.4 is 32.7 Å². The molecule has 0 bridgehead atoms. The number of hydrogen-bond acceptors (Lipinski definition) is 11. The maximum Gasteiger partial charge on any atom is 0.523 e. The first-order chi connectivity index (χ1) is 28.9. The third-order valence-corrected chi connectivity index (χ3v) is 8.27. The molecule has 20 heteroatoms. The number of benzene rings is 5. The van der Waals surface area contributed by atoms with Gasteiger partial charge in [-0.15, -0.1) is 0 Å². The minimum absolute atomic E-state index is 0.0270. The largest absolute Gasteiger partial charge is 0.523 e. The Hall–Kier alpha value is -6.67. The summed E-state index contributed by atoms with van der Waals surface area (Å²) in [5, 5.41) is 10.8. The van der Waals surface area contributed by atoms with Crippen molar-refractivity contribution in [2.45, 2.75) is 39.5 Å². The van der Waals surface area contributed by atoms with E-state index in [0.29, 0.717) is 41.5 Å². The van der Waals surface area contributed by atoms with Crippen LogP contribution in [0.3, 0.4) is 0 Å². The van der Waals surface area contributed by atoms with Gasteiger partial charge in [0.1, 0.15) is 30.7 Å². The molecule has 13 nitrogen and oxygen atoms in total. The summed E-state index contributed by atoms with van der Waals surface area (Å²) < 4.78 is 107. The van der Waals surface area contributed by atoms with Gasteiger partial charge in [0.05, 0.1) is 23.7 Å². The van der Waals surface area contributed by atoms with Crippen LogP contribution in [-0.2, 0) is 37.0 Å². The molecule has 0 atom stereocenters. The first kappa shape index (κ1) is 50.5. The minimum atomic E-state index is -5.35. The third kappa shape index (κ3) is 19.3. The molecule has 0 spiro atoms. The molecule has 0 saturated heterocycles. The number of carbonyl (C=O) groups is 2. The van der Waals surface area contributed by atoms with Gasteiger partial charge < -0.3 is 31.6 Å². The van der Waals surface area contributed by atoms with Crippen molar-refractivity contribution in [1.29, 1.82) is 0 Å². The number of halogens is 6. The Morgan fingerprint density at radius 2 is 1.03 bits per heavy atom. The van der Waals surface area contributed by atoms with Gasteiger partial charge in [-0.1, -0.05) is 60.7 Å². The smallest absolute Gasteiger partial charge is 0.444 e. The summed E-state index contributed by atoms with van der Waals surface area (Å²) in [5.41, 5.74) is 9.55. The molecule has 2 amide bonds. The number of nitrogens with two attached hydrogens (primary N) is 2. The summed E-state index contributed by atoms with van der Waals surface area (Å²) in [6.45, 7) is 6.07. The zero-order valence-electron chi connectivity index (χ0n) is 33.2. The molecule has 0 unspecified atom stereocenters. The van der Waals surface area contributed by atoms with E-state index >= 15 is 0 Å². The lowest BCUT2D eigenvalue weighted by Crippen LogP contribution is -2.25. The Morgan fingerprint density at radius 1 is 0.607 bits per heavy atom. The number of nitrogen functional groups attached to an aromatic ring is 2. The fourth-order valence-corrected chi connectivity index (χ4v) is 4.84. The topological polar surface area (TPSA) is 196 Å². The monoisotopic (exact) mass is 880 g/mol.